The second-order valence-electron chi connectivity index (χ2n) is 7.86. The van der Waals surface area contributed by atoms with Gasteiger partial charge < -0.3 is 14.9 Å². The second kappa shape index (κ2) is 7.43. The number of carbonyl (C=O) groups is 2. The molecule has 1 atom stereocenters. The summed E-state index contributed by atoms with van der Waals surface area (Å²) in [6.45, 7) is 0. The molecule has 1 aliphatic carbocycles. The summed E-state index contributed by atoms with van der Waals surface area (Å²) >= 11 is 0. The summed E-state index contributed by atoms with van der Waals surface area (Å²) in [6.07, 6.45) is 3.74. The van der Waals surface area contributed by atoms with Crippen molar-refractivity contribution in [1.82, 2.24) is 0 Å². The van der Waals surface area contributed by atoms with Crippen molar-refractivity contribution < 1.29 is 24.5 Å². The van der Waals surface area contributed by atoms with Gasteiger partial charge in [0.15, 0.2) is 0 Å². The summed E-state index contributed by atoms with van der Waals surface area (Å²) in [4.78, 5) is 20.9. The van der Waals surface area contributed by atoms with Crippen molar-refractivity contribution in [2.45, 2.75) is 25.4 Å². The SMILES string of the molecule is O=C(O)c1ccccc1C(=O)O.c1ccc2c(c1)c1cc3c4c(ccc32)CCC(C4)O1. The van der Waals surface area contributed by atoms with Crippen LogP contribution in [0.5, 0.6) is 5.75 Å². The smallest absolute Gasteiger partial charge is 0.336 e. The minimum absolute atomic E-state index is 0.190. The lowest BCUT2D eigenvalue weighted by Gasteiger charge is -2.23. The average molecular weight is 412 g/mol. The molecule has 4 bridgehead atoms. The van der Waals surface area contributed by atoms with E-state index in [-0.39, 0.29) is 11.1 Å². The summed E-state index contributed by atoms with van der Waals surface area (Å²) in [5.41, 5.74) is 2.67. The molecule has 1 heterocycles. The largest absolute Gasteiger partial charge is 0.489 e. The molecule has 1 unspecified atom stereocenters. The van der Waals surface area contributed by atoms with Crippen LogP contribution in [0.15, 0.2) is 66.7 Å². The van der Waals surface area contributed by atoms with Gasteiger partial charge in [0, 0.05) is 11.8 Å². The van der Waals surface area contributed by atoms with E-state index in [1.807, 2.05) is 0 Å². The molecule has 0 saturated heterocycles. The highest BCUT2D eigenvalue weighted by Gasteiger charge is 2.26. The summed E-state index contributed by atoms with van der Waals surface area (Å²) < 4.78 is 6.27. The number of fused-ring (bicyclic) bond motifs is 5. The molecular weight excluding hydrogens is 392 g/mol. The van der Waals surface area contributed by atoms with Gasteiger partial charge in [0.1, 0.15) is 11.9 Å². The van der Waals surface area contributed by atoms with Gasteiger partial charge in [-0.15, -0.1) is 0 Å². The highest BCUT2D eigenvalue weighted by atomic mass is 16.5. The Hall–Kier alpha value is -3.86. The van der Waals surface area contributed by atoms with E-state index in [1.54, 1.807) is 0 Å². The van der Waals surface area contributed by atoms with Crippen LogP contribution in [0.1, 0.15) is 38.3 Å². The van der Waals surface area contributed by atoms with Crippen LogP contribution >= 0.6 is 0 Å². The van der Waals surface area contributed by atoms with E-state index in [9.17, 15) is 9.59 Å². The van der Waals surface area contributed by atoms with Crippen LogP contribution in [-0.4, -0.2) is 28.3 Å². The molecule has 4 aromatic rings. The number of rotatable bonds is 2. The van der Waals surface area contributed by atoms with E-state index >= 15 is 0 Å². The summed E-state index contributed by atoms with van der Waals surface area (Å²) in [5.74, 6) is -1.38. The number of hydrogen-bond acceptors (Lipinski definition) is 3. The number of carboxylic acid groups (broad SMARTS) is 2. The summed E-state index contributed by atoms with van der Waals surface area (Å²) in [7, 11) is 0. The number of ether oxygens (including phenoxy) is 1. The van der Waals surface area contributed by atoms with E-state index in [0.717, 1.165) is 25.0 Å². The van der Waals surface area contributed by atoms with Gasteiger partial charge in [-0.05, 0) is 58.3 Å². The molecule has 2 N–H and O–H groups in total. The molecule has 0 spiro atoms. The fraction of sp³-hybridized carbons (Fsp3) is 0.154. The van der Waals surface area contributed by atoms with Crippen LogP contribution in [0.25, 0.3) is 21.5 Å². The van der Waals surface area contributed by atoms with Gasteiger partial charge in [0.2, 0.25) is 0 Å². The quantitative estimate of drug-likeness (QED) is 0.435. The minimum Gasteiger partial charge on any atom is -0.489 e. The Labute approximate surface area is 178 Å². The third-order valence-corrected chi connectivity index (χ3v) is 6.06. The molecule has 31 heavy (non-hydrogen) atoms. The molecule has 2 aliphatic rings. The van der Waals surface area contributed by atoms with Crippen molar-refractivity contribution >= 4 is 33.5 Å². The van der Waals surface area contributed by atoms with Crippen molar-refractivity contribution in [3.8, 4) is 5.75 Å². The Morgan fingerprint density at radius 1 is 0.774 bits per heavy atom. The van der Waals surface area contributed by atoms with Gasteiger partial charge in [0.25, 0.3) is 0 Å². The Balaban J connectivity index is 0.000000149. The molecule has 5 heteroatoms. The molecule has 4 aromatic carbocycles. The second-order valence-corrected chi connectivity index (χ2v) is 7.86. The number of hydrogen-bond donors (Lipinski definition) is 2. The van der Waals surface area contributed by atoms with E-state index in [1.165, 1.54) is 56.9 Å². The number of benzene rings is 4. The predicted octanol–water partition coefficient (Wildman–Crippen LogP) is 5.33. The monoisotopic (exact) mass is 412 g/mol. The first kappa shape index (κ1) is 19.1. The normalized spacial score (nSPS) is 15.8. The molecule has 0 amide bonds. The lowest BCUT2D eigenvalue weighted by atomic mass is 9.86. The first-order chi connectivity index (χ1) is 15.0. The Morgan fingerprint density at radius 2 is 1.39 bits per heavy atom. The average Bonchev–Trinajstić information content (AvgIpc) is 2.97. The van der Waals surface area contributed by atoms with Crippen molar-refractivity contribution in [3.05, 3.63) is 89.0 Å². The zero-order valence-electron chi connectivity index (χ0n) is 16.7. The Kier molecular flexibility index (Phi) is 4.59. The van der Waals surface area contributed by atoms with Gasteiger partial charge >= 0.3 is 11.9 Å². The lowest BCUT2D eigenvalue weighted by molar-refractivity contribution is 0.0651. The molecule has 6 rings (SSSR count). The van der Waals surface area contributed by atoms with E-state index in [2.05, 4.69) is 42.5 Å². The standard InChI is InChI=1S/C18H14O.C8H6O4/c1-2-4-15-13(3-1)14-8-6-11-5-7-12-9-16(11)17(14)10-18(15)19-12;9-7(10)5-3-1-2-4-6(5)8(11)12/h1-4,6,8,10,12H,5,7,9H2;1-4H,(H,9,10)(H,11,12). The molecule has 0 aromatic heterocycles. The van der Waals surface area contributed by atoms with Crippen LogP contribution in [0, 0.1) is 0 Å². The predicted molar refractivity (Wildman–Crippen MR) is 118 cm³/mol. The van der Waals surface area contributed by atoms with Gasteiger partial charge in [-0.2, -0.15) is 0 Å². The molecule has 0 radical (unpaired) electrons. The summed E-state index contributed by atoms with van der Waals surface area (Å²) in [6, 6.07) is 21.0. The van der Waals surface area contributed by atoms with Crippen LogP contribution < -0.4 is 4.74 Å². The van der Waals surface area contributed by atoms with Gasteiger partial charge in [-0.3, -0.25) is 0 Å². The molecule has 0 saturated carbocycles. The maximum absolute atomic E-state index is 10.5. The molecular formula is C26H20O5. The van der Waals surface area contributed by atoms with Crippen molar-refractivity contribution in [3.63, 3.8) is 0 Å². The van der Waals surface area contributed by atoms with Crippen molar-refractivity contribution in [1.29, 1.82) is 0 Å². The van der Waals surface area contributed by atoms with Gasteiger partial charge in [-0.25, -0.2) is 9.59 Å². The molecule has 5 nitrogen and oxygen atoms in total. The summed E-state index contributed by atoms with van der Waals surface area (Å²) in [5, 5.41) is 22.5. The Bertz CT molecular complexity index is 1320. The molecule has 154 valence electrons. The minimum atomic E-state index is -1.23. The van der Waals surface area contributed by atoms with Crippen LogP contribution in [0.3, 0.4) is 0 Å². The first-order valence-corrected chi connectivity index (χ1v) is 10.2. The van der Waals surface area contributed by atoms with Crippen LogP contribution in [-0.2, 0) is 12.8 Å². The highest BCUT2D eigenvalue weighted by molar-refractivity contribution is 6.11. The number of aryl methyl sites for hydroxylation is 1. The van der Waals surface area contributed by atoms with E-state index in [4.69, 9.17) is 14.9 Å². The zero-order chi connectivity index (χ0) is 21.5. The fourth-order valence-corrected chi connectivity index (χ4v) is 4.61. The third-order valence-electron chi connectivity index (χ3n) is 6.06. The van der Waals surface area contributed by atoms with E-state index in [0.29, 0.717) is 6.10 Å². The maximum Gasteiger partial charge on any atom is 0.336 e. The van der Waals surface area contributed by atoms with E-state index < -0.39 is 11.9 Å². The zero-order valence-corrected chi connectivity index (χ0v) is 16.7. The van der Waals surface area contributed by atoms with Crippen molar-refractivity contribution in [2.24, 2.45) is 0 Å². The van der Waals surface area contributed by atoms with Crippen LogP contribution in [0.4, 0.5) is 0 Å². The molecule has 1 aliphatic heterocycles. The Morgan fingerprint density at radius 3 is 2.06 bits per heavy atom. The van der Waals surface area contributed by atoms with Crippen LogP contribution in [0.2, 0.25) is 0 Å². The molecule has 0 fully saturated rings. The van der Waals surface area contributed by atoms with Crippen molar-refractivity contribution in [2.75, 3.05) is 0 Å². The number of carboxylic acids is 2. The lowest BCUT2D eigenvalue weighted by Crippen LogP contribution is -2.23. The first-order valence-electron chi connectivity index (χ1n) is 10.2. The topological polar surface area (TPSA) is 83.8 Å². The fourth-order valence-electron chi connectivity index (χ4n) is 4.61. The highest BCUT2D eigenvalue weighted by Crippen LogP contribution is 2.41. The van der Waals surface area contributed by atoms with Gasteiger partial charge in [0.05, 0.1) is 11.1 Å². The van der Waals surface area contributed by atoms with Gasteiger partial charge in [-0.1, -0.05) is 48.5 Å². The third kappa shape index (κ3) is 3.28. The number of aromatic carboxylic acids is 2. The maximum atomic E-state index is 10.5.